The van der Waals surface area contributed by atoms with Gasteiger partial charge in [0, 0.05) is 5.69 Å². The van der Waals surface area contributed by atoms with Crippen LogP contribution in [0.4, 0.5) is 5.69 Å². The van der Waals surface area contributed by atoms with Gasteiger partial charge in [0.1, 0.15) is 6.07 Å². The van der Waals surface area contributed by atoms with E-state index in [0.29, 0.717) is 5.82 Å². The quantitative estimate of drug-likeness (QED) is 0.417. The number of nitriles is 1. The fraction of sp³-hybridized carbons (Fsp3) is 0.111. The molecule has 0 amide bonds. The van der Waals surface area contributed by atoms with Crippen molar-refractivity contribution in [1.82, 2.24) is 14.8 Å². The first-order valence-corrected chi connectivity index (χ1v) is 8.75. The highest BCUT2D eigenvalue weighted by molar-refractivity contribution is 7.99. The summed E-state index contributed by atoms with van der Waals surface area (Å²) in [5.41, 5.74) is 4.75. The highest BCUT2D eigenvalue weighted by Crippen LogP contribution is 2.22. The van der Waals surface area contributed by atoms with E-state index in [4.69, 9.17) is 0 Å². The summed E-state index contributed by atoms with van der Waals surface area (Å²) in [6.07, 6.45) is 0. The lowest BCUT2D eigenvalue weighted by molar-refractivity contribution is 0.881. The summed E-state index contributed by atoms with van der Waals surface area (Å²) in [5.74, 6) is 1.26. The van der Waals surface area contributed by atoms with Crippen LogP contribution in [0.3, 0.4) is 0 Å². The number of thioether (sulfide) groups is 1. The zero-order valence-corrected chi connectivity index (χ0v) is 14.4. The fourth-order valence-corrected chi connectivity index (χ4v) is 2.89. The molecule has 0 spiro atoms. The van der Waals surface area contributed by atoms with Gasteiger partial charge in [-0.15, -0.1) is 10.2 Å². The summed E-state index contributed by atoms with van der Waals surface area (Å²) in [6, 6.07) is 21.3. The van der Waals surface area contributed by atoms with Gasteiger partial charge < -0.3 is 0 Å². The lowest BCUT2D eigenvalue weighted by atomic mass is 10.3. The van der Waals surface area contributed by atoms with E-state index in [1.807, 2.05) is 72.2 Å². The monoisotopic (exact) mass is 348 g/mol. The standard InChI is InChI=1S/C18H16N6S/c1-2-25-18-23-22-17(24(18)15-11-7-4-8-12-15)16(13-19)21-20-14-9-5-3-6-10-14/h3-12,20H,2H2,1H3/b21-16+. The molecule has 0 atom stereocenters. The van der Waals surface area contributed by atoms with Gasteiger partial charge in [-0.1, -0.05) is 55.1 Å². The molecule has 6 nitrogen and oxygen atoms in total. The minimum Gasteiger partial charge on any atom is -0.277 e. The van der Waals surface area contributed by atoms with Crippen molar-refractivity contribution in [3.8, 4) is 11.8 Å². The number of hydrazone groups is 1. The van der Waals surface area contributed by atoms with Crippen LogP contribution in [-0.2, 0) is 0 Å². The van der Waals surface area contributed by atoms with Crippen molar-refractivity contribution in [1.29, 1.82) is 5.26 Å². The van der Waals surface area contributed by atoms with Crippen molar-refractivity contribution in [2.75, 3.05) is 11.2 Å². The minimum atomic E-state index is 0.170. The van der Waals surface area contributed by atoms with Crippen molar-refractivity contribution in [3.63, 3.8) is 0 Å². The molecule has 1 aromatic heterocycles. The van der Waals surface area contributed by atoms with Crippen molar-refractivity contribution in [2.24, 2.45) is 5.10 Å². The summed E-state index contributed by atoms with van der Waals surface area (Å²) >= 11 is 1.56. The van der Waals surface area contributed by atoms with E-state index < -0.39 is 0 Å². The molecule has 0 saturated heterocycles. The van der Waals surface area contributed by atoms with Gasteiger partial charge in [-0.3, -0.25) is 9.99 Å². The number of rotatable bonds is 6. The van der Waals surface area contributed by atoms with Crippen molar-refractivity contribution in [3.05, 3.63) is 66.5 Å². The largest absolute Gasteiger partial charge is 0.277 e. The number of aromatic nitrogens is 3. The fourth-order valence-electron chi connectivity index (χ4n) is 2.21. The predicted octanol–water partition coefficient (Wildman–Crippen LogP) is 3.72. The smallest absolute Gasteiger partial charge is 0.205 e. The Balaban J connectivity index is 2.02. The number of anilines is 1. The molecule has 0 aliphatic heterocycles. The molecular weight excluding hydrogens is 332 g/mol. The first-order valence-electron chi connectivity index (χ1n) is 7.76. The zero-order valence-electron chi connectivity index (χ0n) is 13.6. The van der Waals surface area contributed by atoms with Crippen molar-refractivity contribution in [2.45, 2.75) is 12.1 Å². The van der Waals surface area contributed by atoms with Gasteiger partial charge in [0.2, 0.25) is 11.5 Å². The molecule has 0 saturated carbocycles. The van der Waals surface area contributed by atoms with Crippen LogP contribution in [0.15, 0.2) is 70.9 Å². The van der Waals surface area contributed by atoms with E-state index >= 15 is 0 Å². The van der Waals surface area contributed by atoms with Gasteiger partial charge in [0.15, 0.2) is 5.16 Å². The first-order chi connectivity index (χ1) is 12.3. The molecule has 0 bridgehead atoms. The molecule has 0 radical (unpaired) electrons. The van der Waals surface area contributed by atoms with E-state index in [0.717, 1.165) is 22.3 Å². The number of nitrogens with one attached hydrogen (secondary N) is 1. The van der Waals surface area contributed by atoms with Crippen LogP contribution in [0.1, 0.15) is 12.7 Å². The van der Waals surface area contributed by atoms with E-state index in [2.05, 4.69) is 26.8 Å². The molecule has 2 aromatic carbocycles. The third-order valence-electron chi connectivity index (χ3n) is 3.31. The lowest BCUT2D eigenvalue weighted by Crippen LogP contribution is -2.11. The predicted molar refractivity (Wildman–Crippen MR) is 100.0 cm³/mol. The van der Waals surface area contributed by atoms with Gasteiger partial charge in [-0.2, -0.15) is 10.4 Å². The number of hydrogen-bond acceptors (Lipinski definition) is 6. The maximum absolute atomic E-state index is 9.56. The van der Waals surface area contributed by atoms with E-state index in [9.17, 15) is 5.26 Å². The van der Waals surface area contributed by atoms with Crippen LogP contribution in [0.2, 0.25) is 0 Å². The van der Waals surface area contributed by atoms with E-state index in [1.165, 1.54) is 0 Å². The molecule has 3 aromatic rings. The number of nitrogens with zero attached hydrogens (tertiary/aromatic N) is 5. The third kappa shape index (κ3) is 3.87. The summed E-state index contributed by atoms with van der Waals surface area (Å²) in [5, 5.41) is 22.9. The molecule has 3 rings (SSSR count). The summed E-state index contributed by atoms with van der Waals surface area (Å²) in [6.45, 7) is 2.05. The van der Waals surface area contributed by atoms with Gasteiger partial charge in [0.25, 0.3) is 0 Å². The zero-order chi connectivity index (χ0) is 17.5. The topological polar surface area (TPSA) is 78.9 Å². The Labute approximate surface area is 150 Å². The summed E-state index contributed by atoms with van der Waals surface area (Å²) in [7, 11) is 0. The van der Waals surface area contributed by atoms with Crippen molar-refractivity contribution < 1.29 is 0 Å². The molecule has 0 unspecified atom stereocenters. The number of hydrogen-bond donors (Lipinski definition) is 1. The molecule has 25 heavy (non-hydrogen) atoms. The third-order valence-corrected chi connectivity index (χ3v) is 4.12. The van der Waals surface area contributed by atoms with E-state index in [-0.39, 0.29) is 5.71 Å². The Kier molecular flexibility index (Phi) is 5.44. The molecule has 7 heteroatoms. The van der Waals surface area contributed by atoms with Crippen molar-refractivity contribution >= 4 is 23.2 Å². The SMILES string of the molecule is CCSc1nnc(/C(C#N)=N/Nc2ccccc2)n1-c1ccccc1. The molecular formula is C18H16N6S. The second-order valence-electron chi connectivity index (χ2n) is 4.96. The molecule has 0 aliphatic rings. The van der Waals surface area contributed by atoms with E-state index in [1.54, 1.807) is 11.8 Å². The summed E-state index contributed by atoms with van der Waals surface area (Å²) in [4.78, 5) is 0. The second kappa shape index (κ2) is 8.13. The molecule has 0 aliphatic carbocycles. The second-order valence-corrected chi connectivity index (χ2v) is 6.19. The van der Waals surface area contributed by atoms with Crippen LogP contribution in [-0.4, -0.2) is 26.2 Å². The Morgan fingerprint density at radius 2 is 1.80 bits per heavy atom. The molecule has 124 valence electrons. The number of para-hydroxylation sites is 2. The average molecular weight is 348 g/mol. The molecule has 1 heterocycles. The highest BCUT2D eigenvalue weighted by Gasteiger charge is 2.18. The Bertz CT molecular complexity index is 896. The van der Waals surface area contributed by atoms with Gasteiger partial charge in [0.05, 0.1) is 5.69 Å². The van der Waals surface area contributed by atoms with Crippen LogP contribution < -0.4 is 5.43 Å². The molecule has 0 fully saturated rings. The van der Waals surface area contributed by atoms with Crippen LogP contribution >= 0.6 is 11.8 Å². The number of benzene rings is 2. The first kappa shape index (κ1) is 16.7. The van der Waals surface area contributed by atoms with Crippen LogP contribution in [0.25, 0.3) is 5.69 Å². The van der Waals surface area contributed by atoms with Crippen LogP contribution in [0.5, 0.6) is 0 Å². The molecule has 1 N–H and O–H groups in total. The maximum atomic E-state index is 9.56. The minimum absolute atomic E-state index is 0.170. The summed E-state index contributed by atoms with van der Waals surface area (Å²) < 4.78 is 1.85. The van der Waals surface area contributed by atoms with Crippen LogP contribution in [0, 0.1) is 11.3 Å². The van der Waals surface area contributed by atoms with Gasteiger partial charge in [-0.05, 0) is 30.0 Å². The Morgan fingerprint density at radius 3 is 2.44 bits per heavy atom. The Morgan fingerprint density at radius 1 is 1.12 bits per heavy atom. The Hall–Kier alpha value is -3.11. The maximum Gasteiger partial charge on any atom is 0.205 e. The lowest BCUT2D eigenvalue weighted by Gasteiger charge is -2.08. The normalized spacial score (nSPS) is 11.1. The average Bonchev–Trinajstić information content (AvgIpc) is 3.08. The van der Waals surface area contributed by atoms with Gasteiger partial charge >= 0.3 is 0 Å². The highest BCUT2D eigenvalue weighted by atomic mass is 32.2. The van der Waals surface area contributed by atoms with Gasteiger partial charge in [-0.25, -0.2) is 0 Å².